The van der Waals surface area contributed by atoms with Gasteiger partial charge in [0.05, 0.1) is 5.92 Å². The van der Waals surface area contributed by atoms with Gasteiger partial charge in [0.2, 0.25) is 6.54 Å². The number of hydrogen-bond donors (Lipinski definition) is 0. The normalized spacial score (nSPS) is 19.5. The Morgan fingerprint density at radius 2 is 2.00 bits per heavy atom. The number of Topliss-reactive ketones (excluding diaryl/α,β-unsaturated/α-hetero) is 1. The van der Waals surface area contributed by atoms with E-state index in [2.05, 4.69) is 10.0 Å². The number of carbonyl (C=O) groups excluding carboxylic acids is 1. The molecule has 0 amide bonds. The van der Waals surface area contributed by atoms with Crippen LogP contribution in [0.3, 0.4) is 0 Å². The SMILES string of the molecule is [N-]=[N+]=N[C@@]1([C@@H](/C=C/c2ccccc2F)C[N+](=O)[O-])Cc2ccccc2C1=O. The zero-order chi connectivity index (χ0) is 19.4. The number of carbonyl (C=O) groups is 1. The summed E-state index contributed by atoms with van der Waals surface area (Å²) in [6.07, 6.45) is 2.83. The molecule has 0 bridgehead atoms. The molecular formula is C19H15FN4O3. The molecule has 2 atom stereocenters. The van der Waals surface area contributed by atoms with Crippen molar-refractivity contribution in [2.45, 2.75) is 12.0 Å². The maximum absolute atomic E-state index is 13.9. The number of hydrogen-bond acceptors (Lipinski definition) is 4. The summed E-state index contributed by atoms with van der Waals surface area (Å²) in [6, 6.07) is 12.7. The van der Waals surface area contributed by atoms with E-state index in [1.54, 1.807) is 30.3 Å². The van der Waals surface area contributed by atoms with Crippen molar-refractivity contribution in [2.24, 2.45) is 11.0 Å². The molecule has 1 aliphatic rings. The van der Waals surface area contributed by atoms with E-state index in [0.29, 0.717) is 11.1 Å². The maximum atomic E-state index is 13.9. The Morgan fingerprint density at radius 1 is 1.30 bits per heavy atom. The van der Waals surface area contributed by atoms with E-state index in [-0.39, 0.29) is 12.0 Å². The number of ketones is 1. The van der Waals surface area contributed by atoms with Crippen LogP contribution in [0.5, 0.6) is 0 Å². The van der Waals surface area contributed by atoms with Crippen molar-refractivity contribution in [3.63, 3.8) is 0 Å². The van der Waals surface area contributed by atoms with Crippen LogP contribution < -0.4 is 0 Å². The molecule has 2 aromatic carbocycles. The molecule has 27 heavy (non-hydrogen) atoms. The number of nitro groups is 1. The third kappa shape index (κ3) is 3.43. The quantitative estimate of drug-likeness (QED) is 0.251. The average Bonchev–Trinajstić information content (AvgIpc) is 2.93. The second-order valence-corrected chi connectivity index (χ2v) is 6.28. The van der Waals surface area contributed by atoms with Crippen LogP contribution in [0.1, 0.15) is 21.5 Å². The number of rotatable bonds is 6. The van der Waals surface area contributed by atoms with Crippen LogP contribution in [0, 0.1) is 21.8 Å². The summed E-state index contributed by atoms with van der Waals surface area (Å²) >= 11 is 0. The van der Waals surface area contributed by atoms with Gasteiger partial charge in [-0.1, -0.05) is 59.7 Å². The molecule has 8 heteroatoms. The van der Waals surface area contributed by atoms with Crippen molar-refractivity contribution >= 4 is 11.9 Å². The monoisotopic (exact) mass is 366 g/mol. The van der Waals surface area contributed by atoms with E-state index in [9.17, 15) is 19.3 Å². The van der Waals surface area contributed by atoms with Crippen molar-refractivity contribution in [3.05, 3.63) is 97.7 Å². The van der Waals surface area contributed by atoms with Gasteiger partial charge >= 0.3 is 0 Å². The Kier molecular flexibility index (Phi) is 5.00. The topological polar surface area (TPSA) is 109 Å². The maximum Gasteiger partial charge on any atom is 0.211 e. The number of benzene rings is 2. The Bertz CT molecular complexity index is 984. The molecule has 136 valence electrons. The van der Waals surface area contributed by atoms with Gasteiger partial charge in [-0.2, -0.15) is 0 Å². The van der Waals surface area contributed by atoms with Crippen LogP contribution in [-0.2, 0) is 6.42 Å². The van der Waals surface area contributed by atoms with Gasteiger partial charge in [0, 0.05) is 21.0 Å². The fourth-order valence-electron chi connectivity index (χ4n) is 3.40. The number of fused-ring (bicyclic) bond motifs is 1. The van der Waals surface area contributed by atoms with Gasteiger partial charge in [0.25, 0.3) is 0 Å². The van der Waals surface area contributed by atoms with Crippen molar-refractivity contribution in [2.75, 3.05) is 6.54 Å². The summed E-state index contributed by atoms with van der Waals surface area (Å²) in [4.78, 5) is 26.5. The predicted octanol–water partition coefficient (Wildman–Crippen LogP) is 4.22. The highest BCUT2D eigenvalue weighted by Crippen LogP contribution is 2.40. The second-order valence-electron chi connectivity index (χ2n) is 6.28. The van der Waals surface area contributed by atoms with Crippen LogP contribution in [0.2, 0.25) is 0 Å². The molecule has 0 fully saturated rings. The first-order chi connectivity index (χ1) is 13.0. The summed E-state index contributed by atoms with van der Waals surface area (Å²) in [5.74, 6) is -1.98. The molecular weight excluding hydrogens is 351 g/mol. The summed E-state index contributed by atoms with van der Waals surface area (Å²) < 4.78 is 13.9. The second kappa shape index (κ2) is 7.39. The zero-order valence-corrected chi connectivity index (χ0v) is 14.2. The molecule has 0 saturated carbocycles. The Morgan fingerprint density at radius 3 is 2.67 bits per heavy atom. The first-order valence-corrected chi connectivity index (χ1v) is 8.21. The molecule has 0 saturated heterocycles. The van der Waals surface area contributed by atoms with E-state index in [0.717, 1.165) is 0 Å². The van der Waals surface area contributed by atoms with E-state index < -0.39 is 34.5 Å². The number of nitrogens with zero attached hydrogens (tertiary/aromatic N) is 4. The van der Waals surface area contributed by atoms with Crippen LogP contribution >= 0.6 is 0 Å². The van der Waals surface area contributed by atoms with Gasteiger partial charge in [-0.05, 0) is 23.6 Å². The molecule has 0 N–H and O–H groups in total. The third-order valence-corrected chi connectivity index (χ3v) is 4.71. The lowest BCUT2D eigenvalue weighted by molar-refractivity contribution is -0.487. The van der Waals surface area contributed by atoms with Crippen molar-refractivity contribution in [1.29, 1.82) is 0 Å². The lowest BCUT2D eigenvalue weighted by Gasteiger charge is -2.26. The predicted molar refractivity (Wildman–Crippen MR) is 97.1 cm³/mol. The summed E-state index contributed by atoms with van der Waals surface area (Å²) in [6.45, 7) is -0.621. The Labute approximate surface area is 153 Å². The summed E-state index contributed by atoms with van der Waals surface area (Å²) in [5.41, 5.74) is 8.69. The standard InChI is InChI=1S/C19H15FN4O3/c20-17-8-4-2-5-13(17)9-10-15(12-24(26)27)19(22-23-21)11-14-6-1-3-7-16(14)18(19)25/h1-10,15H,11-12H2/b10-9+/t15-,19+/m0/s1. The Balaban J connectivity index is 2.07. The first kappa shape index (κ1) is 18.3. The highest BCUT2D eigenvalue weighted by Gasteiger charge is 2.51. The number of azide groups is 1. The lowest BCUT2D eigenvalue weighted by Crippen LogP contribution is -2.44. The third-order valence-electron chi connectivity index (χ3n) is 4.71. The van der Waals surface area contributed by atoms with Crippen LogP contribution in [0.4, 0.5) is 4.39 Å². The van der Waals surface area contributed by atoms with Gasteiger partial charge in [-0.25, -0.2) is 4.39 Å². The summed E-state index contributed by atoms with van der Waals surface area (Å²) in [5, 5.41) is 14.9. The minimum absolute atomic E-state index is 0.0617. The highest BCUT2D eigenvalue weighted by molar-refractivity contribution is 6.08. The molecule has 0 aliphatic heterocycles. The molecule has 0 unspecified atom stereocenters. The van der Waals surface area contributed by atoms with E-state index >= 15 is 0 Å². The molecule has 3 rings (SSSR count). The average molecular weight is 366 g/mol. The van der Waals surface area contributed by atoms with Gasteiger partial charge in [-0.15, -0.1) is 0 Å². The van der Waals surface area contributed by atoms with Gasteiger partial charge in [-0.3, -0.25) is 14.9 Å². The van der Waals surface area contributed by atoms with Crippen molar-refractivity contribution in [3.8, 4) is 0 Å². The lowest BCUT2D eigenvalue weighted by atomic mass is 9.80. The summed E-state index contributed by atoms with van der Waals surface area (Å²) in [7, 11) is 0. The fourth-order valence-corrected chi connectivity index (χ4v) is 3.40. The van der Waals surface area contributed by atoms with E-state index in [4.69, 9.17) is 5.53 Å². The van der Waals surface area contributed by atoms with Crippen molar-refractivity contribution in [1.82, 2.24) is 0 Å². The number of halogens is 1. The largest absolute Gasteiger partial charge is 0.293 e. The molecule has 0 radical (unpaired) electrons. The molecule has 0 heterocycles. The molecule has 7 nitrogen and oxygen atoms in total. The van der Waals surface area contributed by atoms with Crippen molar-refractivity contribution < 1.29 is 14.1 Å². The molecule has 0 spiro atoms. The van der Waals surface area contributed by atoms with Gasteiger partial charge in [0.1, 0.15) is 11.4 Å². The first-order valence-electron chi connectivity index (χ1n) is 8.21. The minimum atomic E-state index is -1.65. The van der Waals surface area contributed by atoms with Crippen LogP contribution in [0.25, 0.3) is 16.5 Å². The smallest absolute Gasteiger partial charge is 0.211 e. The van der Waals surface area contributed by atoms with Crippen LogP contribution in [0.15, 0.2) is 59.7 Å². The van der Waals surface area contributed by atoms with E-state index in [1.165, 1.54) is 30.4 Å². The fraction of sp³-hybridized carbons (Fsp3) is 0.211. The van der Waals surface area contributed by atoms with Crippen LogP contribution in [-0.4, -0.2) is 22.8 Å². The van der Waals surface area contributed by atoms with Gasteiger partial charge < -0.3 is 0 Å². The molecule has 1 aliphatic carbocycles. The Hall–Kier alpha value is -3.51. The highest BCUT2D eigenvalue weighted by atomic mass is 19.1. The van der Waals surface area contributed by atoms with E-state index in [1.807, 2.05) is 0 Å². The minimum Gasteiger partial charge on any atom is -0.293 e. The zero-order valence-electron chi connectivity index (χ0n) is 14.2. The molecule has 2 aromatic rings. The van der Waals surface area contributed by atoms with Gasteiger partial charge in [0.15, 0.2) is 5.78 Å². The molecule has 0 aromatic heterocycles.